The number of halogens is 2. The van der Waals surface area contributed by atoms with Crippen LogP contribution >= 0.6 is 34.2 Å². The first-order valence-electron chi connectivity index (χ1n) is 5.26. The third-order valence-electron chi connectivity index (χ3n) is 2.48. The maximum absolute atomic E-state index is 12.0. The van der Waals surface area contributed by atoms with Crippen LogP contribution < -0.4 is 0 Å². The predicted molar refractivity (Wildman–Crippen MR) is 77.9 cm³/mol. The molecule has 1 unspecified atom stereocenters. The molecular weight excluding hydrogens is 368 g/mol. The summed E-state index contributed by atoms with van der Waals surface area (Å²) >= 11 is 8.02. The van der Waals surface area contributed by atoms with E-state index in [-0.39, 0.29) is 12.5 Å². The van der Waals surface area contributed by atoms with Gasteiger partial charge >= 0.3 is 5.97 Å². The Morgan fingerprint density at radius 3 is 2.61 bits per heavy atom. The molecule has 0 bridgehead atoms. The highest BCUT2D eigenvalue weighted by Crippen LogP contribution is 2.20. The summed E-state index contributed by atoms with van der Waals surface area (Å²) < 4.78 is 0.868. The van der Waals surface area contributed by atoms with Gasteiger partial charge in [-0.1, -0.05) is 18.5 Å². The molecule has 1 N–H and O–H groups in total. The van der Waals surface area contributed by atoms with Gasteiger partial charge in [0, 0.05) is 22.7 Å². The molecule has 0 aliphatic rings. The fraction of sp³-hybridized carbons (Fsp3) is 0.333. The van der Waals surface area contributed by atoms with Gasteiger partial charge in [-0.05, 0) is 40.8 Å². The molecule has 1 amide bonds. The third-order valence-corrected chi connectivity index (χ3v) is 4.05. The van der Waals surface area contributed by atoms with E-state index in [4.69, 9.17) is 16.7 Å². The van der Waals surface area contributed by atoms with Crippen LogP contribution in [0.4, 0.5) is 0 Å². The lowest BCUT2D eigenvalue weighted by atomic mass is 10.1. The van der Waals surface area contributed by atoms with E-state index in [1.54, 1.807) is 32.2 Å². The van der Waals surface area contributed by atoms with Crippen LogP contribution in [0.1, 0.15) is 17.3 Å². The molecule has 0 heterocycles. The van der Waals surface area contributed by atoms with Gasteiger partial charge in [-0.25, -0.2) is 0 Å². The van der Waals surface area contributed by atoms with Crippen molar-refractivity contribution in [3.63, 3.8) is 0 Å². The SMILES string of the molecule is CC(CN(C)C(=O)c1ccc(I)c(Cl)c1)C(=O)O. The van der Waals surface area contributed by atoms with Crippen molar-refractivity contribution in [2.45, 2.75) is 6.92 Å². The maximum Gasteiger partial charge on any atom is 0.308 e. The van der Waals surface area contributed by atoms with Crippen LogP contribution in [0.15, 0.2) is 18.2 Å². The minimum absolute atomic E-state index is 0.164. The van der Waals surface area contributed by atoms with Crippen LogP contribution in [0.25, 0.3) is 0 Å². The fourth-order valence-corrected chi connectivity index (χ4v) is 1.94. The van der Waals surface area contributed by atoms with Crippen molar-refractivity contribution < 1.29 is 14.7 Å². The van der Waals surface area contributed by atoms with Crippen LogP contribution in [0, 0.1) is 9.49 Å². The highest BCUT2D eigenvalue weighted by Gasteiger charge is 2.18. The van der Waals surface area contributed by atoms with Gasteiger partial charge in [0.1, 0.15) is 0 Å². The second-order valence-electron chi connectivity index (χ2n) is 4.05. The molecule has 0 radical (unpaired) electrons. The Hall–Kier alpha value is -0.820. The van der Waals surface area contributed by atoms with Crippen molar-refractivity contribution in [3.8, 4) is 0 Å². The standard InChI is InChI=1S/C12H13ClINO3/c1-7(12(17)18)6-15(2)11(16)8-3-4-10(14)9(13)5-8/h3-5,7H,6H2,1-2H3,(H,17,18). The number of amides is 1. The number of carbonyl (C=O) groups excluding carboxylic acids is 1. The molecule has 98 valence electrons. The second-order valence-corrected chi connectivity index (χ2v) is 5.62. The number of nitrogens with zero attached hydrogens (tertiary/aromatic N) is 1. The highest BCUT2D eigenvalue weighted by atomic mass is 127. The van der Waals surface area contributed by atoms with Crippen molar-refractivity contribution >= 4 is 46.1 Å². The number of carbonyl (C=O) groups is 2. The van der Waals surface area contributed by atoms with E-state index in [1.807, 2.05) is 0 Å². The van der Waals surface area contributed by atoms with Crippen molar-refractivity contribution in [1.82, 2.24) is 4.90 Å². The van der Waals surface area contributed by atoms with Gasteiger partial charge < -0.3 is 10.0 Å². The maximum atomic E-state index is 12.0. The van der Waals surface area contributed by atoms with Gasteiger partial charge in [0.25, 0.3) is 5.91 Å². The van der Waals surface area contributed by atoms with Gasteiger partial charge in [0.2, 0.25) is 0 Å². The van der Waals surface area contributed by atoms with Crippen molar-refractivity contribution in [3.05, 3.63) is 32.4 Å². The molecule has 0 saturated heterocycles. The van der Waals surface area contributed by atoms with Crippen LogP contribution in [0.5, 0.6) is 0 Å². The molecule has 0 fully saturated rings. The summed E-state index contributed by atoms with van der Waals surface area (Å²) in [4.78, 5) is 24.2. The van der Waals surface area contributed by atoms with Gasteiger partial charge in [0.15, 0.2) is 0 Å². The highest BCUT2D eigenvalue weighted by molar-refractivity contribution is 14.1. The number of carboxylic acid groups (broad SMARTS) is 1. The zero-order valence-corrected chi connectivity index (χ0v) is 12.9. The molecule has 18 heavy (non-hydrogen) atoms. The second kappa shape index (κ2) is 6.38. The first-order valence-corrected chi connectivity index (χ1v) is 6.72. The lowest BCUT2D eigenvalue weighted by Crippen LogP contribution is -2.33. The monoisotopic (exact) mass is 381 g/mol. The molecule has 1 rings (SSSR count). The zero-order valence-electron chi connectivity index (χ0n) is 9.98. The lowest BCUT2D eigenvalue weighted by Gasteiger charge is -2.19. The summed E-state index contributed by atoms with van der Waals surface area (Å²) in [5, 5.41) is 9.32. The number of benzene rings is 1. The van der Waals surface area contributed by atoms with Crippen molar-refractivity contribution in [2.75, 3.05) is 13.6 Å². The molecule has 6 heteroatoms. The minimum Gasteiger partial charge on any atom is -0.481 e. The number of carboxylic acids is 1. The van der Waals surface area contributed by atoms with E-state index in [1.165, 1.54) is 4.90 Å². The van der Waals surface area contributed by atoms with E-state index < -0.39 is 11.9 Å². The first-order chi connectivity index (χ1) is 8.32. The summed E-state index contributed by atoms with van der Waals surface area (Å²) in [6.07, 6.45) is 0. The van der Waals surface area contributed by atoms with Crippen molar-refractivity contribution in [1.29, 1.82) is 0 Å². The Kier molecular flexibility index (Phi) is 5.40. The molecule has 0 saturated carbocycles. The quantitative estimate of drug-likeness (QED) is 0.816. The molecule has 0 aliphatic carbocycles. The van der Waals surface area contributed by atoms with E-state index in [0.717, 1.165) is 3.57 Å². The number of hydrogen-bond acceptors (Lipinski definition) is 2. The van der Waals surface area contributed by atoms with E-state index in [9.17, 15) is 9.59 Å². The summed E-state index contributed by atoms with van der Waals surface area (Å²) in [6, 6.07) is 5.02. The Morgan fingerprint density at radius 2 is 2.11 bits per heavy atom. The fourth-order valence-electron chi connectivity index (χ4n) is 1.42. The summed E-state index contributed by atoms with van der Waals surface area (Å²) in [5.74, 6) is -1.75. The van der Waals surface area contributed by atoms with Crippen LogP contribution in [0.2, 0.25) is 5.02 Å². The molecule has 0 aromatic heterocycles. The van der Waals surface area contributed by atoms with Crippen molar-refractivity contribution in [2.24, 2.45) is 5.92 Å². The van der Waals surface area contributed by atoms with E-state index >= 15 is 0 Å². The Bertz CT molecular complexity index is 478. The predicted octanol–water partition coefficient (Wildman–Crippen LogP) is 2.74. The number of rotatable bonds is 4. The molecule has 1 atom stereocenters. The summed E-state index contributed by atoms with van der Waals surface area (Å²) in [6.45, 7) is 1.73. The van der Waals surface area contributed by atoms with Gasteiger partial charge in [-0.3, -0.25) is 9.59 Å². The average molecular weight is 382 g/mol. The van der Waals surface area contributed by atoms with Crippen LogP contribution in [-0.4, -0.2) is 35.5 Å². The summed E-state index contributed by atoms with van der Waals surface area (Å²) in [7, 11) is 1.58. The Morgan fingerprint density at radius 1 is 1.50 bits per heavy atom. The van der Waals surface area contributed by atoms with Gasteiger partial charge in [0.05, 0.1) is 10.9 Å². The van der Waals surface area contributed by atoms with Crippen LogP contribution in [0.3, 0.4) is 0 Å². The topological polar surface area (TPSA) is 57.6 Å². The van der Waals surface area contributed by atoms with Gasteiger partial charge in [-0.2, -0.15) is 0 Å². The zero-order chi connectivity index (χ0) is 13.9. The lowest BCUT2D eigenvalue weighted by molar-refractivity contribution is -0.141. The third kappa shape index (κ3) is 3.84. The molecule has 1 aromatic rings. The molecular formula is C12H13ClINO3. The average Bonchev–Trinajstić information content (AvgIpc) is 2.31. The van der Waals surface area contributed by atoms with E-state index in [0.29, 0.717) is 10.6 Å². The normalized spacial score (nSPS) is 12.0. The Labute approximate surface area is 124 Å². The number of aliphatic carboxylic acids is 1. The minimum atomic E-state index is -0.921. The van der Waals surface area contributed by atoms with E-state index in [2.05, 4.69) is 22.6 Å². The Balaban J connectivity index is 2.80. The molecule has 1 aromatic carbocycles. The van der Waals surface area contributed by atoms with Crippen LogP contribution in [-0.2, 0) is 4.79 Å². The van der Waals surface area contributed by atoms with Gasteiger partial charge in [-0.15, -0.1) is 0 Å². The molecule has 0 aliphatic heterocycles. The summed E-state index contributed by atoms with van der Waals surface area (Å²) in [5.41, 5.74) is 0.459. The molecule has 0 spiro atoms. The molecule has 4 nitrogen and oxygen atoms in total. The number of hydrogen-bond donors (Lipinski definition) is 1. The smallest absolute Gasteiger partial charge is 0.308 e. The first kappa shape index (κ1) is 15.2. The largest absolute Gasteiger partial charge is 0.481 e.